The van der Waals surface area contributed by atoms with Gasteiger partial charge in [0.2, 0.25) is 0 Å². The van der Waals surface area contributed by atoms with Crippen LogP contribution in [0.5, 0.6) is 0 Å². The second-order valence-corrected chi connectivity index (χ2v) is 6.62. The molecule has 0 saturated carbocycles. The minimum atomic E-state index is -0.231. The first-order valence-corrected chi connectivity index (χ1v) is 8.74. The summed E-state index contributed by atoms with van der Waals surface area (Å²) >= 11 is 1.92. The van der Waals surface area contributed by atoms with Gasteiger partial charge in [-0.15, -0.1) is 0 Å². The Morgan fingerprint density at radius 3 is 2.78 bits per heavy atom. The minimum Gasteiger partial charge on any atom is -0.255 e. The molecule has 0 fully saturated rings. The maximum Gasteiger partial charge on any atom is 0.123 e. The molecule has 0 N–H and O–H groups in total. The molecule has 0 atom stereocenters. The van der Waals surface area contributed by atoms with E-state index in [0.717, 1.165) is 45.8 Å². The molecule has 0 amide bonds. The van der Waals surface area contributed by atoms with Crippen molar-refractivity contribution in [3.63, 3.8) is 0 Å². The minimum absolute atomic E-state index is 0.231. The first kappa shape index (κ1) is 14.4. The van der Waals surface area contributed by atoms with Crippen molar-refractivity contribution in [2.75, 3.05) is 5.75 Å². The Balaban J connectivity index is 1.85. The Kier molecular flexibility index (Phi) is 3.83. The van der Waals surface area contributed by atoms with Gasteiger partial charge in [0.15, 0.2) is 0 Å². The van der Waals surface area contributed by atoms with Gasteiger partial charge < -0.3 is 0 Å². The van der Waals surface area contributed by atoms with Crippen LogP contribution in [-0.4, -0.2) is 17.0 Å². The standard InChI is InChI=1S/C19H15FN2S/c20-14-7-5-13(6-8-14)11-21-19-15-3-1-2-4-17(15)22-18-9-10-23-12-16(18)19/h1-8,11H,9-10,12H2. The zero-order chi connectivity index (χ0) is 15.6. The Labute approximate surface area is 138 Å². The van der Waals surface area contributed by atoms with E-state index in [0.29, 0.717) is 0 Å². The van der Waals surface area contributed by atoms with E-state index in [2.05, 4.69) is 6.07 Å². The van der Waals surface area contributed by atoms with Gasteiger partial charge >= 0.3 is 0 Å². The molecule has 2 aromatic carbocycles. The van der Waals surface area contributed by atoms with Gasteiger partial charge in [-0.3, -0.25) is 9.98 Å². The lowest BCUT2D eigenvalue weighted by molar-refractivity contribution is 0.628. The summed E-state index contributed by atoms with van der Waals surface area (Å²) < 4.78 is 13.0. The summed E-state index contributed by atoms with van der Waals surface area (Å²) in [6.07, 6.45) is 2.80. The molecular weight excluding hydrogens is 307 g/mol. The van der Waals surface area contributed by atoms with Crippen LogP contribution in [0.25, 0.3) is 10.9 Å². The average Bonchev–Trinajstić information content (AvgIpc) is 2.60. The van der Waals surface area contributed by atoms with Crippen molar-refractivity contribution < 1.29 is 4.39 Å². The molecule has 1 aromatic heterocycles. The van der Waals surface area contributed by atoms with Crippen LogP contribution in [0, 0.1) is 5.82 Å². The number of nitrogens with zero attached hydrogens (tertiary/aromatic N) is 2. The van der Waals surface area contributed by atoms with Gasteiger partial charge in [0, 0.05) is 28.6 Å². The Bertz CT molecular complexity index is 888. The summed E-state index contributed by atoms with van der Waals surface area (Å²) in [4.78, 5) is 9.55. The number of rotatable bonds is 2. The molecule has 1 aliphatic rings. The van der Waals surface area contributed by atoms with Crippen LogP contribution in [0.4, 0.5) is 10.1 Å². The predicted molar refractivity (Wildman–Crippen MR) is 95.3 cm³/mol. The maximum absolute atomic E-state index is 13.0. The number of benzene rings is 2. The fraction of sp³-hybridized carbons (Fsp3) is 0.158. The number of fused-ring (bicyclic) bond motifs is 2. The van der Waals surface area contributed by atoms with E-state index in [1.807, 2.05) is 30.0 Å². The second-order valence-electron chi connectivity index (χ2n) is 5.52. The van der Waals surface area contributed by atoms with E-state index in [1.54, 1.807) is 18.3 Å². The largest absolute Gasteiger partial charge is 0.255 e. The van der Waals surface area contributed by atoms with Crippen molar-refractivity contribution in [3.8, 4) is 0 Å². The smallest absolute Gasteiger partial charge is 0.123 e. The van der Waals surface area contributed by atoms with Gasteiger partial charge in [0.05, 0.1) is 11.2 Å². The maximum atomic E-state index is 13.0. The molecule has 0 bridgehead atoms. The molecule has 0 saturated heterocycles. The van der Waals surface area contributed by atoms with Crippen molar-refractivity contribution in [2.24, 2.45) is 4.99 Å². The Morgan fingerprint density at radius 1 is 1.09 bits per heavy atom. The van der Waals surface area contributed by atoms with Gasteiger partial charge in [-0.2, -0.15) is 11.8 Å². The Hall–Kier alpha value is -2.20. The highest BCUT2D eigenvalue weighted by molar-refractivity contribution is 7.98. The predicted octanol–water partition coefficient (Wildman–Crippen LogP) is 4.91. The van der Waals surface area contributed by atoms with Crippen LogP contribution >= 0.6 is 11.8 Å². The highest BCUT2D eigenvalue weighted by Crippen LogP contribution is 2.36. The topological polar surface area (TPSA) is 25.2 Å². The number of aryl methyl sites for hydroxylation is 1. The van der Waals surface area contributed by atoms with E-state index in [1.165, 1.54) is 17.7 Å². The molecule has 0 unspecified atom stereocenters. The fourth-order valence-corrected chi connectivity index (χ4v) is 3.81. The third-order valence-electron chi connectivity index (χ3n) is 3.99. The van der Waals surface area contributed by atoms with Crippen molar-refractivity contribution in [3.05, 3.63) is 71.2 Å². The third-order valence-corrected chi connectivity index (χ3v) is 4.98. The molecule has 2 nitrogen and oxygen atoms in total. The number of aromatic nitrogens is 1. The van der Waals surface area contributed by atoms with Crippen LogP contribution in [0.15, 0.2) is 53.5 Å². The van der Waals surface area contributed by atoms with Crippen LogP contribution in [-0.2, 0) is 12.2 Å². The second kappa shape index (κ2) is 6.13. The van der Waals surface area contributed by atoms with E-state index in [9.17, 15) is 4.39 Å². The summed E-state index contributed by atoms with van der Waals surface area (Å²) in [6, 6.07) is 14.5. The highest BCUT2D eigenvalue weighted by atomic mass is 32.2. The normalized spacial score (nSPS) is 14.3. The van der Waals surface area contributed by atoms with Crippen LogP contribution < -0.4 is 0 Å². The van der Waals surface area contributed by atoms with Gasteiger partial charge in [0.1, 0.15) is 5.82 Å². The number of hydrogen-bond acceptors (Lipinski definition) is 3. The lowest BCUT2D eigenvalue weighted by atomic mass is 10.1. The van der Waals surface area contributed by atoms with E-state index in [-0.39, 0.29) is 5.82 Å². The molecule has 2 heterocycles. The molecule has 0 aliphatic carbocycles. The molecule has 4 heteroatoms. The molecule has 0 radical (unpaired) electrons. The molecule has 114 valence electrons. The zero-order valence-electron chi connectivity index (χ0n) is 12.5. The quantitative estimate of drug-likeness (QED) is 0.626. The van der Waals surface area contributed by atoms with Crippen LogP contribution in [0.3, 0.4) is 0 Å². The van der Waals surface area contributed by atoms with Gasteiger partial charge in [0.25, 0.3) is 0 Å². The summed E-state index contributed by atoms with van der Waals surface area (Å²) in [6.45, 7) is 0. The fourth-order valence-electron chi connectivity index (χ4n) is 2.82. The number of pyridine rings is 1. The van der Waals surface area contributed by atoms with Crippen LogP contribution in [0.1, 0.15) is 16.8 Å². The summed E-state index contributed by atoms with van der Waals surface area (Å²) in [5, 5.41) is 1.08. The van der Waals surface area contributed by atoms with Crippen molar-refractivity contribution in [2.45, 2.75) is 12.2 Å². The lowest BCUT2D eigenvalue weighted by Gasteiger charge is -2.18. The van der Waals surface area contributed by atoms with Gasteiger partial charge in [-0.05, 0) is 35.9 Å². The first-order valence-electron chi connectivity index (χ1n) is 7.59. The zero-order valence-corrected chi connectivity index (χ0v) is 13.3. The monoisotopic (exact) mass is 322 g/mol. The molecular formula is C19H15FN2S. The number of aliphatic imine (C=N–C) groups is 1. The van der Waals surface area contributed by atoms with E-state index >= 15 is 0 Å². The SMILES string of the molecule is Fc1ccc(C=Nc2c3c(nc4ccccc24)CCSC3)cc1. The molecule has 0 spiro atoms. The molecule has 3 aromatic rings. The van der Waals surface area contributed by atoms with Gasteiger partial charge in [-0.1, -0.05) is 30.3 Å². The van der Waals surface area contributed by atoms with Crippen molar-refractivity contribution in [1.82, 2.24) is 4.98 Å². The van der Waals surface area contributed by atoms with Crippen molar-refractivity contribution >= 4 is 34.6 Å². The van der Waals surface area contributed by atoms with Crippen molar-refractivity contribution in [1.29, 1.82) is 0 Å². The average molecular weight is 322 g/mol. The van der Waals surface area contributed by atoms with E-state index < -0.39 is 0 Å². The number of halogens is 1. The molecule has 23 heavy (non-hydrogen) atoms. The van der Waals surface area contributed by atoms with Crippen LogP contribution in [0.2, 0.25) is 0 Å². The number of hydrogen-bond donors (Lipinski definition) is 0. The number of para-hydroxylation sites is 1. The van der Waals surface area contributed by atoms with E-state index in [4.69, 9.17) is 9.98 Å². The summed E-state index contributed by atoms with van der Waals surface area (Å²) in [5.74, 6) is 1.83. The molecule has 4 rings (SSSR count). The molecule has 1 aliphatic heterocycles. The number of thioether (sulfide) groups is 1. The highest BCUT2D eigenvalue weighted by Gasteiger charge is 2.17. The summed E-state index contributed by atoms with van der Waals surface area (Å²) in [7, 11) is 0. The van der Waals surface area contributed by atoms with Gasteiger partial charge in [-0.25, -0.2) is 4.39 Å². The summed E-state index contributed by atoms with van der Waals surface area (Å²) in [5.41, 5.74) is 5.28. The third kappa shape index (κ3) is 2.86. The first-order chi connectivity index (χ1) is 11.3. The lowest BCUT2D eigenvalue weighted by Crippen LogP contribution is -2.06. The Morgan fingerprint density at radius 2 is 1.91 bits per heavy atom.